The van der Waals surface area contributed by atoms with Crippen LogP contribution in [-0.4, -0.2) is 22.3 Å². The molecule has 3 heterocycles. The number of benzene rings is 1. The number of pyridine rings is 1. The normalized spacial score (nSPS) is 17.8. The lowest BCUT2D eigenvalue weighted by Gasteiger charge is -2.14. The Morgan fingerprint density at radius 3 is 2.92 bits per heavy atom. The molecule has 1 aliphatic heterocycles. The van der Waals surface area contributed by atoms with Gasteiger partial charge in [0.25, 0.3) is 0 Å². The molecule has 1 aliphatic rings. The van der Waals surface area contributed by atoms with E-state index < -0.39 is 0 Å². The van der Waals surface area contributed by atoms with Gasteiger partial charge in [0.1, 0.15) is 0 Å². The van der Waals surface area contributed by atoms with Crippen LogP contribution in [0.5, 0.6) is 0 Å². The van der Waals surface area contributed by atoms with Crippen LogP contribution in [0.3, 0.4) is 0 Å². The first-order valence-corrected chi connectivity index (χ1v) is 9.91. The molecule has 3 aromatic rings. The van der Waals surface area contributed by atoms with Crippen LogP contribution in [0.1, 0.15) is 24.0 Å². The maximum Gasteiger partial charge on any atom is 0.190 e. The van der Waals surface area contributed by atoms with Gasteiger partial charge in [0.15, 0.2) is 4.80 Å². The molecule has 5 heteroatoms. The zero-order valence-electron chi connectivity index (χ0n) is 15.2. The predicted molar refractivity (Wildman–Crippen MR) is 106 cm³/mol. The third-order valence-corrected chi connectivity index (χ3v) is 5.74. The second-order valence-corrected chi connectivity index (χ2v) is 7.61. The Kier molecular flexibility index (Phi) is 5.00. The minimum absolute atomic E-state index is 0.266. The molecule has 134 valence electrons. The van der Waals surface area contributed by atoms with Crippen LogP contribution in [0.4, 0.5) is 5.69 Å². The van der Waals surface area contributed by atoms with Gasteiger partial charge in [-0.05, 0) is 61.6 Å². The summed E-state index contributed by atoms with van der Waals surface area (Å²) in [5.41, 5.74) is 5.94. The average molecular weight is 366 g/mol. The van der Waals surface area contributed by atoms with Crippen molar-refractivity contribution in [3.63, 3.8) is 0 Å². The van der Waals surface area contributed by atoms with Crippen molar-refractivity contribution in [2.45, 2.75) is 39.3 Å². The highest BCUT2D eigenvalue weighted by Gasteiger charge is 2.19. The number of rotatable bonds is 4. The van der Waals surface area contributed by atoms with E-state index in [-0.39, 0.29) is 6.10 Å². The first-order chi connectivity index (χ1) is 12.7. The van der Waals surface area contributed by atoms with Crippen LogP contribution >= 0.6 is 11.3 Å². The number of aromatic nitrogens is 2. The van der Waals surface area contributed by atoms with Crippen LogP contribution < -0.4 is 4.80 Å². The molecule has 0 N–H and O–H groups in total. The highest BCUT2D eigenvalue weighted by atomic mass is 32.1. The summed E-state index contributed by atoms with van der Waals surface area (Å²) in [6.45, 7) is 6.02. The zero-order valence-corrected chi connectivity index (χ0v) is 16.0. The van der Waals surface area contributed by atoms with Crippen molar-refractivity contribution in [2.75, 3.05) is 6.61 Å². The zero-order chi connectivity index (χ0) is 17.9. The van der Waals surface area contributed by atoms with Crippen LogP contribution in [0.25, 0.3) is 11.3 Å². The summed E-state index contributed by atoms with van der Waals surface area (Å²) in [5.74, 6) is 0. The van der Waals surface area contributed by atoms with Gasteiger partial charge in [-0.2, -0.15) is 0 Å². The molecule has 1 aromatic carbocycles. The first-order valence-electron chi connectivity index (χ1n) is 9.03. The van der Waals surface area contributed by atoms with Gasteiger partial charge in [-0.3, -0.25) is 4.98 Å². The third kappa shape index (κ3) is 3.64. The van der Waals surface area contributed by atoms with Crippen LogP contribution in [-0.2, 0) is 11.3 Å². The molecule has 1 saturated heterocycles. The number of aryl methyl sites for hydroxylation is 2. The van der Waals surface area contributed by atoms with Gasteiger partial charge in [0, 0.05) is 18.2 Å². The standard InChI is InChI=1S/C21H23N3OS/c1-15-7-8-17(11-16(15)2)20-14-26-21(23-18-5-3-9-22-12-18)24(20)13-19-6-4-10-25-19/h3,5,7-9,11-12,14,19H,4,6,10,13H2,1-2H3. The molecule has 26 heavy (non-hydrogen) atoms. The molecule has 0 amide bonds. The fourth-order valence-corrected chi connectivity index (χ4v) is 4.19. The van der Waals surface area contributed by atoms with Crippen molar-refractivity contribution >= 4 is 17.0 Å². The molecule has 1 fully saturated rings. The summed E-state index contributed by atoms with van der Waals surface area (Å²) in [6.07, 6.45) is 6.09. The highest BCUT2D eigenvalue weighted by Crippen LogP contribution is 2.25. The van der Waals surface area contributed by atoms with E-state index in [1.807, 2.05) is 12.1 Å². The minimum atomic E-state index is 0.266. The Hall–Kier alpha value is -2.24. The quantitative estimate of drug-likeness (QED) is 0.676. The van der Waals surface area contributed by atoms with E-state index in [0.29, 0.717) is 0 Å². The Labute approximate surface area is 157 Å². The summed E-state index contributed by atoms with van der Waals surface area (Å²) in [6, 6.07) is 10.6. The summed E-state index contributed by atoms with van der Waals surface area (Å²) >= 11 is 1.67. The molecule has 0 aliphatic carbocycles. The largest absolute Gasteiger partial charge is 0.376 e. The van der Waals surface area contributed by atoms with Gasteiger partial charge in [0.05, 0.1) is 30.2 Å². The SMILES string of the molecule is Cc1ccc(-c2csc(=Nc3cccnc3)n2CC2CCCO2)cc1C. The molecular weight excluding hydrogens is 342 g/mol. The molecule has 0 saturated carbocycles. The predicted octanol–water partition coefficient (Wildman–Crippen LogP) is 4.64. The first kappa shape index (κ1) is 17.2. The summed E-state index contributed by atoms with van der Waals surface area (Å²) in [7, 11) is 0. The lowest BCUT2D eigenvalue weighted by Crippen LogP contribution is -2.24. The molecule has 2 aromatic heterocycles. The van der Waals surface area contributed by atoms with Gasteiger partial charge in [-0.1, -0.05) is 12.1 Å². The van der Waals surface area contributed by atoms with E-state index in [1.54, 1.807) is 23.7 Å². The lowest BCUT2D eigenvalue weighted by molar-refractivity contribution is 0.0968. The number of thiazole rings is 1. The van der Waals surface area contributed by atoms with E-state index in [9.17, 15) is 0 Å². The monoisotopic (exact) mass is 365 g/mol. The van der Waals surface area contributed by atoms with Crippen LogP contribution in [0.2, 0.25) is 0 Å². The van der Waals surface area contributed by atoms with E-state index in [4.69, 9.17) is 9.73 Å². The van der Waals surface area contributed by atoms with Crippen molar-refractivity contribution < 1.29 is 4.74 Å². The fourth-order valence-electron chi connectivity index (χ4n) is 3.25. The van der Waals surface area contributed by atoms with Crippen molar-refractivity contribution in [1.82, 2.24) is 9.55 Å². The summed E-state index contributed by atoms with van der Waals surface area (Å²) in [5, 5.41) is 2.20. The smallest absolute Gasteiger partial charge is 0.190 e. The van der Waals surface area contributed by atoms with Crippen LogP contribution in [0, 0.1) is 13.8 Å². The summed E-state index contributed by atoms with van der Waals surface area (Å²) in [4.78, 5) is 10.00. The lowest BCUT2D eigenvalue weighted by atomic mass is 10.0. The van der Waals surface area contributed by atoms with Crippen molar-refractivity contribution in [2.24, 2.45) is 4.99 Å². The van der Waals surface area contributed by atoms with Crippen LogP contribution in [0.15, 0.2) is 53.1 Å². The van der Waals surface area contributed by atoms with E-state index >= 15 is 0 Å². The van der Waals surface area contributed by atoms with Crippen molar-refractivity contribution in [3.05, 3.63) is 64.0 Å². The fraction of sp³-hybridized carbons (Fsp3) is 0.333. The third-order valence-electron chi connectivity index (χ3n) is 4.88. The number of hydrogen-bond acceptors (Lipinski definition) is 4. The number of nitrogens with zero attached hydrogens (tertiary/aromatic N) is 3. The highest BCUT2D eigenvalue weighted by molar-refractivity contribution is 7.07. The molecule has 1 unspecified atom stereocenters. The van der Waals surface area contributed by atoms with Crippen molar-refractivity contribution in [1.29, 1.82) is 0 Å². The Balaban J connectivity index is 1.80. The van der Waals surface area contributed by atoms with Gasteiger partial charge in [-0.25, -0.2) is 4.99 Å². The molecule has 4 nitrogen and oxygen atoms in total. The Morgan fingerprint density at radius 2 is 2.19 bits per heavy atom. The minimum Gasteiger partial charge on any atom is -0.376 e. The maximum atomic E-state index is 5.89. The molecule has 0 radical (unpaired) electrons. The second kappa shape index (κ2) is 7.56. The Morgan fingerprint density at radius 1 is 1.27 bits per heavy atom. The number of ether oxygens (including phenoxy) is 1. The summed E-state index contributed by atoms with van der Waals surface area (Å²) < 4.78 is 8.20. The molecule has 1 atom stereocenters. The van der Waals surface area contributed by atoms with Gasteiger partial charge in [0.2, 0.25) is 0 Å². The molecule has 4 rings (SSSR count). The van der Waals surface area contributed by atoms with Gasteiger partial charge >= 0.3 is 0 Å². The molecule has 0 spiro atoms. The number of hydrogen-bond donors (Lipinski definition) is 0. The average Bonchev–Trinajstić information content (AvgIpc) is 3.30. The van der Waals surface area contributed by atoms with E-state index in [0.717, 1.165) is 36.5 Å². The topological polar surface area (TPSA) is 39.4 Å². The van der Waals surface area contributed by atoms with Gasteiger partial charge in [-0.15, -0.1) is 11.3 Å². The Bertz CT molecular complexity index is 953. The van der Waals surface area contributed by atoms with Gasteiger partial charge < -0.3 is 9.30 Å². The maximum absolute atomic E-state index is 5.89. The molecular formula is C21H23N3OS. The second-order valence-electron chi connectivity index (χ2n) is 6.77. The van der Waals surface area contributed by atoms with E-state index in [2.05, 4.69) is 47.0 Å². The van der Waals surface area contributed by atoms with Crippen molar-refractivity contribution in [3.8, 4) is 11.3 Å². The van der Waals surface area contributed by atoms with E-state index in [1.165, 1.54) is 22.4 Å². The molecule has 0 bridgehead atoms.